The molecule has 0 radical (unpaired) electrons. The first-order valence-corrected chi connectivity index (χ1v) is 9.94. The molecular weight excluding hydrogens is 384 g/mol. The minimum atomic E-state index is -0.278. The summed E-state index contributed by atoms with van der Waals surface area (Å²) in [6, 6.07) is 7.04. The number of aryl methyl sites for hydroxylation is 1. The first-order chi connectivity index (χ1) is 13.0. The number of carbonyl (C=O) groups excluding carboxylic acids is 2. The van der Waals surface area contributed by atoms with E-state index in [4.69, 9.17) is 16.3 Å². The number of thiophene rings is 1. The number of amides is 1. The van der Waals surface area contributed by atoms with Crippen LogP contribution < -0.4 is 10.1 Å². The summed E-state index contributed by atoms with van der Waals surface area (Å²) in [5.41, 5.74) is 2.01. The third kappa shape index (κ3) is 4.32. The van der Waals surface area contributed by atoms with E-state index >= 15 is 0 Å². The Kier molecular flexibility index (Phi) is 6.15. The summed E-state index contributed by atoms with van der Waals surface area (Å²) in [7, 11) is 1.48. The molecule has 3 rings (SSSR count). The van der Waals surface area contributed by atoms with E-state index in [-0.39, 0.29) is 24.5 Å². The second-order valence-corrected chi connectivity index (χ2v) is 7.88. The molecule has 7 heteroatoms. The highest BCUT2D eigenvalue weighted by Gasteiger charge is 2.22. The van der Waals surface area contributed by atoms with Gasteiger partial charge in [0.1, 0.15) is 16.8 Å². The molecule has 0 saturated carbocycles. The minimum Gasteiger partial charge on any atom is -0.496 e. The quantitative estimate of drug-likeness (QED) is 0.706. The molecule has 140 valence electrons. The van der Waals surface area contributed by atoms with Gasteiger partial charge in [-0.05, 0) is 49.4 Å². The Balaban J connectivity index is 1.66. The Morgan fingerprint density at radius 2 is 2.07 bits per heavy atom. The van der Waals surface area contributed by atoms with Gasteiger partial charge in [-0.15, -0.1) is 11.3 Å². The smallest absolute Gasteiger partial charge is 0.225 e. The largest absolute Gasteiger partial charge is 0.496 e. The average Bonchev–Trinajstić information content (AvgIpc) is 3.02. The van der Waals surface area contributed by atoms with E-state index in [9.17, 15) is 14.9 Å². The molecule has 5 nitrogen and oxygen atoms in total. The lowest BCUT2D eigenvalue weighted by molar-refractivity contribution is -0.116. The molecule has 0 bridgehead atoms. The number of nitrogens with zero attached hydrogens (tertiary/aromatic N) is 1. The normalized spacial score (nSPS) is 12.8. The highest BCUT2D eigenvalue weighted by molar-refractivity contribution is 7.16. The summed E-state index contributed by atoms with van der Waals surface area (Å²) in [6.07, 6.45) is 4.09. The summed E-state index contributed by atoms with van der Waals surface area (Å²) < 4.78 is 5.19. The minimum absolute atomic E-state index is 0.0297. The van der Waals surface area contributed by atoms with Crippen LogP contribution in [0.4, 0.5) is 5.00 Å². The standard InChI is InChI=1S/C20H19ClN2O3S/c1-26-17-8-6-12(21)10-14(17)16(24)7-9-19(25)23-20-15(11-22)13-4-2-3-5-18(13)27-20/h6,8,10H,2-5,7,9H2,1H3,(H,23,25). The van der Waals surface area contributed by atoms with Crippen molar-refractivity contribution in [2.45, 2.75) is 38.5 Å². The Morgan fingerprint density at radius 1 is 1.30 bits per heavy atom. The fourth-order valence-electron chi connectivity index (χ4n) is 3.22. The number of ketones is 1. The topological polar surface area (TPSA) is 79.2 Å². The van der Waals surface area contributed by atoms with Crippen molar-refractivity contribution in [2.24, 2.45) is 0 Å². The second-order valence-electron chi connectivity index (χ2n) is 6.34. The van der Waals surface area contributed by atoms with E-state index in [0.29, 0.717) is 26.9 Å². The predicted molar refractivity (Wildman–Crippen MR) is 106 cm³/mol. The SMILES string of the molecule is COc1ccc(Cl)cc1C(=O)CCC(=O)Nc1sc2c(c1C#N)CCCC2. The molecule has 2 aromatic rings. The number of ether oxygens (including phenoxy) is 1. The van der Waals surface area contributed by atoms with Crippen LogP contribution in [0.2, 0.25) is 5.02 Å². The first-order valence-electron chi connectivity index (χ1n) is 8.74. The average molecular weight is 403 g/mol. The van der Waals surface area contributed by atoms with Crippen LogP contribution in [0.5, 0.6) is 5.75 Å². The number of anilines is 1. The number of hydrogen-bond acceptors (Lipinski definition) is 5. The van der Waals surface area contributed by atoms with Crippen molar-refractivity contribution < 1.29 is 14.3 Å². The van der Waals surface area contributed by atoms with Crippen LogP contribution in [0.1, 0.15) is 52.0 Å². The molecule has 1 aliphatic rings. The molecule has 1 aromatic carbocycles. The van der Waals surface area contributed by atoms with Crippen LogP contribution in [-0.2, 0) is 17.6 Å². The number of nitriles is 1. The van der Waals surface area contributed by atoms with Gasteiger partial charge in [0.25, 0.3) is 0 Å². The molecule has 27 heavy (non-hydrogen) atoms. The lowest BCUT2D eigenvalue weighted by atomic mass is 9.96. The fourth-order valence-corrected chi connectivity index (χ4v) is 4.65. The monoisotopic (exact) mass is 402 g/mol. The van der Waals surface area contributed by atoms with Gasteiger partial charge in [0.05, 0.1) is 18.2 Å². The number of fused-ring (bicyclic) bond motifs is 1. The predicted octanol–water partition coefficient (Wildman–Crippen LogP) is 4.76. The van der Waals surface area contributed by atoms with Gasteiger partial charge in [0, 0.05) is 22.7 Å². The first kappa shape index (κ1) is 19.4. The summed E-state index contributed by atoms with van der Waals surface area (Å²) in [4.78, 5) is 26.0. The van der Waals surface area contributed by atoms with E-state index in [2.05, 4.69) is 11.4 Å². The fraction of sp³-hybridized carbons (Fsp3) is 0.350. The van der Waals surface area contributed by atoms with Gasteiger partial charge in [-0.3, -0.25) is 9.59 Å². The lowest BCUT2D eigenvalue weighted by Crippen LogP contribution is -2.14. The number of rotatable bonds is 6. The number of benzene rings is 1. The Labute approximate surface area is 166 Å². The summed E-state index contributed by atoms with van der Waals surface area (Å²) >= 11 is 7.43. The highest BCUT2D eigenvalue weighted by Crippen LogP contribution is 2.37. The third-order valence-electron chi connectivity index (χ3n) is 4.58. The molecule has 1 aliphatic carbocycles. The Morgan fingerprint density at radius 3 is 2.81 bits per heavy atom. The van der Waals surface area contributed by atoms with Crippen LogP contribution in [0.3, 0.4) is 0 Å². The zero-order valence-electron chi connectivity index (χ0n) is 14.9. The van der Waals surface area contributed by atoms with Crippen molar-refractivity contribution in [1.29, 1.82) is 5.26 Å². The molecule has 0 unspecified atom stereocenters. The van der Waals surface area contributed by atoms with E-state index < -0.39 is 0 Å². The van der Waals surface area contributed by atoms with Crippen molar-refractivity contribution >= 4 is 39.6 Å². The lowest BCUT2D eigenvalue weighted by Gasteiger charge is -2.09. The molecule has 1 heterocycles. The van der Waals surface area contributed by atoms with Crippen LogP contribution in [0.15, 0.2) is 18.2 Å². The van der Waals surface area contributed by atoms with Crippen molar-refractivity contribution in [3.63, 3.8) is 0 Å². The Hall–Kier alpha value is -2.36. The third-order valence-corrected chi connectivity index (χ3v) is 6.02. The van der Waals surface area contributed by atoms with Crippen molar-refractivity contribution in [3.05, 3.63) is 44.8 Å². The molecule has 1 aromatic heterocycles. The van der Waals surface area contributed by atoms with Crippen molar-refractivity contribution in [1.82, 2.24) is 0 Å². The van der Waals surface area contributed by atoms with Crippen LogP contribution >= 0.6 is 22.9 Å². The molecule has 0 saturated heterocycles. The number of methoxy groups -OCH3 is 1. The maximum atomic E-state index is 12.4. The second kappa shape index (κ2) is 8.55. The van der Waals surface area contributed by atoms with Gasteiger partial charge in [-0.2, -0.15) is 5.26 Å². The maximum absolute atomic E-state index is 12.4. The molecular formula is C20H19ClN2O3S. The van der Waals surface area contributed by atoms with Crippen LogP contribution in [-0.4, -0.2) is 18.8 Å². The van der Waals surface area contributed by atoms with E-state index in [1.54, 1.807) is 18.2 Å². The van der Waals surface area contributed by atoms with Crippen molar-refractivity contribution in [3.8, 4) is 11.8 Å². The van der Waals surface area contributed by atoms with E-state index in [1.807, 2.05) is 0 Å². The van der Waals surface area contributed by atoms with Gasteiger partial charge in [0.2, 0.25) is 5.91 Å². The molecule has 1 amide bonds. The Bertz CT molecular complexity index is 930. The van der Waals surface area contributed by atoms with Crippen LogP contribution in [0, 0.1) is 11.3 Å². The molecule has 1 N–H and O–H groups in total. The number of halogens is 1. The van der Waals surface area contributed by atoms with Crippen molar-refractivity contribution in [2.75, 3.05) is 12.4 Å². The highest BCUT2D eigenvalue weighted by atomic mass is 35.5. The van der Waals surface area contributed by atoms with Crippen LogP contribution in [0.25, 0.3) is 0 Å². The molecule has 0 fully saturated rings. The van der Waals surface area contributed by atoms with E-state index in [1.165, 1.54) is 23.3 Å². The zero-order valence-corrected chi connectivity index (χ0v) is 16.5. The number of Topliss-reactive ketones (excluding diaryl/α,β-unsaturated/α-hetero) is 1. The van der Waals surface area contributed by atoms with Gasteiger partial charge in [0.15, 0.2) is 5.78 Å². The summed E-state index contributed by atoms with van der Waals surface area (Å²) in [5.74, 6) is -0.0579. The molecule has 0 spiro atoms. The number of nitrogens with one attached hydrogen (secondary N) is 1. The number of hydrogen-bond donors (Lipinski definition) is 1. The zero-order chi connectivity index (χ0) is 19.4. The van der Waals surface area contributed by atoms with Gasteiger partial charge in [-0.25, -0.2) is 0 Å². The van der Waals surface area contributed by atoms with Gasteiger partial charge in [-0.1, -0.05) is 11.6 Å². The number of carbonyl (C=O) groups is 2. The molecule has 0 aliphatic heterocycles. The van der Waals surface area contributed by atoms with E-state index in [0.717, 1.165) is 31.2 Å². The maximum Gasteiger partial charge on any atom is 0.225 e. The van der Waals surface area contributed by atoms with Gasteiger partial charge >= 0.3 is 0 Å². The van der Waals surface area contributed by atoms with Gasteiger partial charge < -0.3 is 10.1 Å². The summed E-state index contributed by atoms with van der Waals surface area (Å²) in [5, 5.41) is 13.3. The summed E-state index contributed by atoms with van der Waals surface area (Å²) in [6.45, 7) is 0. The molecule has 0 atom stereocenters.